The summed E-state index contributed by atoms with van der Waals surface area (Å²) in [5, 5.41) is 3.91. The second-order valence-corrected chi connectivity index (χ2v) is 5.21. The predicted octanol–water partition coefficient (Wildman–Crippen LogP) is 2.44. The van der Waals surface area contributed by atoms with Gasteiger partial charge in [0.25, 0.3) is 0 Å². The first-order chi connectivity index (χ1) is 8.29. The number of aryl methyl sites for hydroxylation is 2. The number of hydrogen-bond donors (Lipinski definition) is 2. The Balaban J connectivity index is 2.15. The van der Waals surface area contributed by atoms with Crippen LogP contribution in [0.25, 0.3) is 10.9 Å². The maximum Gasteiger partial charge on any atom is 0.127 e. The van der Waals surface area contributed by atoms with Crippen molar-refractivity contribution in [2.24, 2.45) is 0 Å². The SMILES string of the molecule is CC[NH2+][C@@H]1CCCc2c1[nH]c1ccc(C)cc21. The van der Waals surface area contributed by atoms with E-state index >= 15 is 0 Å². The van der Waals surface area contributed by atoms with E-state index in [0.717, 1.165) is 0 Å². The Kier molecular flexibility index (Phi) is 2.67. The summed E-state index contributed by atoms with van der Waals surface area (Å²) in [4.78, 5) is 3.65. The summed E-state index contributed by atoms with van der Waals surface area (Å²) in [6.07, 6.45) is 3.88. The summed E-state index contributed by atoms with van der Waals surface area (Å²) >= 11 is 0. The van der Waals surface area contributed by atoms with E-state index in [-0.39, 0.29) is 0 Å². The molecule has 0 aliphatic heterocycles. The molecule has 0 spiro atoms. The topological polar surface area (TPSA) is 32.4 Å². The molecular formula is C15H21N2+. The molecule has 2 heteroatoms. The zero-order chi connectivity index (χ0) is 11.8. The lowest BCUT2D eigenvalue weighted by Gasteiger charge is -2.20. The smallest absolute Gasteiger partial charge is 0.127 e. The molecule has 0 bridgehead atoms. The third-order valence-electron chi connectivity index (χ3n) is 3.93. The molecule has 2 nitrogen and oxygen atoms in total. The van der Waals surface area contributed by atoms with Crippen LogP contribution in [0.1, 0.15) is 42.6 Å². The largest absolute Gasteiger partial charge is 0.353 e. The van der Waals surface area contributed by atoms with E-state index in [1.54, 1.807) is 5.56 Å². The van der Waals surface area contributed by atoms with Crippen molar-refractivity contribution in [2.45, 2.75) is 39.2 Å². The van der Waals surface area contributed by atoms with Gasteiger partial charge in [0.05, 0.1) is 12.2 Å². The first-order valence-corrected chi connectivity index (χ1v) is 6.74. The van der Waals surface area contributed by atoms with Crippen LogP contribution in [0.4, 0.5) is 0 Å². The molecule has 0 fully saturated rings. The highest BCUT2D eigenvalue weighted by Crippen LogP contribution is 2.33. The molecule has 3 rings (SSSR count). The molecule has 1 heterocycles. The van der Waals surface area contributed by atoms with Crippen molar-refractivity contribution in [3.63, 3.8) is 0 Å². The minimum absolute atomic E-state index is 0.649. The maximum absolute atomic E-state index is 3.65. The van der Waals surface area contributed by atoms with Gasteiger partial charge in [-0.05, 0) is 44.4 Å². The molecule has 17 heavy (non-hydrogen) atoms. The number of aromatic nitrogens is 1. The van der Waals surface area contributed by atoms with Crippen molar-refractivity contribution in [3.05, 3.63) is 35.0 Å². The molecule has 0 amide bonds. The molecule has 1 aromatic carbocycles. The zero-order valence-corrected chi connectivity index (χ0v) is 10.7. The summed E-state index contributed by atoms with van der Waals surface area (Å²) in [5.74, 6) is 0. The normalized spacial score (nSPS) is 19.5. The fourth-order valence-corrected chi connectivity index (χ4v) is 3.13. The van der Waals surface area contributed by atoms with Gasteiger partial charge in [-0.15, -0.1) is 0 Å². The number of H-pyrrole nitrogens is 1. The summed E-state index contributed by atoms with van der Waals surface area (Å²) in [5.41, 5.74) is 5.74. The predicted molar refractivity (Wildman–Crippen MR) is 71.2 cm³/mol. The molecule has 1 aliphatic carbocycles. The maximum atomic E-state index is 3.65. The van der Waals surface area contributed by atoms with Crippen molar-refractivity contribution in [1.82, 2.24) is 4.98 Å². The van der Waals surface area contributed by atoms with E-state index in [9.17, 15) is 0 Å². The Morgan fingerprint density at radius 1 is 1.41 bits per heavy atom. The zero-order valence-electron chi connectivity index (χ0n) is 10.7. The monoisotopic (exact) mass is 229 g/mol. The third-order valence-corrected chi connectivity index (χ3v) is 3.93. The number of fused-ring (bicyclic) bond motifs is 3. The van der Waals surface area contributed by atoms with Crippen LogP contribution in [0.3, 0.4) is 0 Å². The van der Waals surface area contributed by atoms with Gasteiger partial charge in [0.1, 0.15) is 6.04 Å². The lowest BCUT2D eigenvalue weighted by atomic mass is 9.91. The fourth-order valence-electron chi connectivity index (χ4n) is 3.13. The van der Waals surface area contributed by atoms with Crippen LogP contribution in [-0.4, -0.2) is 11.5 Å². The quantitative estimate of drug-likeness (QED) is 0.793. The van der Waals surface area contributed by atoms with Gasteiger partial charge in [0, 0.05) is 17.3 Å². The average Bonchev–Trinajstić information content (AvgIpc) is 2.69. The summed E-state index contributed by atoms with van der Waals surface area (Å²) in [6.45, 7) is 5.58. The van der Waals surface area contributed by atoms with Crippen LogP contribution in [0.15, 0.2) is 18.2 Å². The van der Waals surface area contributed by atoms with Crippen molar-refractivity contribution in [3.8, 4) is 0 Å². The number of nitrogens with two attached hydrogens (primary N) is 1. The molecule has 0 radical (unpaired) electrons. The molecule has 1 atom stereocenters. The van der Waals surface area contributed by atoms with E-state index in [0.29, 0.717) is 6.04 Å². The Morgan fingerprint density at radius 2 is 2.29 bits per heavy atom. The van der Waals surface area contributed by atoms with E-state index in [1.807, 2.05) is 0 Å². The molecular weight excluding hydrogens is 208 g/mol. The van der Waals surface area contributed by atoms with Crippen LogP contribution < -0.4 is 5.32 Å². The number of rotatable bonds is 2. The number of aromatic amines is 1. The number of benzene rings is 1. The summed E-state index contributed by atoms with van der Waals surface area (Å²) < 4.78 is 0. The van der Waals surface area contributed by atoms with Gasteiger partial charge < -0.3 is 10.3 Å². The van der Waals surface area contributed by atoms with Crippen molar-refractivity contribution in [1.29, 1.82) is 0 Å². The lowest BCUT2D eigenvalue weighted by molar-refractivity contribution is -0.695. The molecule has 3 N–H and O–H groups in total. The summed E-state index contributed by atoms with van der Waals surface area (Å²) in [6, 6.07) is 7.41. The van der Waals surface area contributed by atoms with Gasteiger partial charge in [0.15, 0.2) is 0 Å². The Bertz CT molecular complexity index is 539. The lowest BCUT2D eigenvalue weighted by Crippen LogP contribution is -2.85. The number of nitrogens with one attached hydrogen (secondary N) is 1. The molecule has 90 valence electrons. The highest BCUT2D eigenvalue weighted by atomic mass is 14.9. The van der Waals surface area contributed by atoms with Crippen molar-refractivity contribution >= 4 is 10.9 Å². The number of quaternary nitrogens is 1. The van der Waals surface area contributed by atoms with Gasteiger partial charge in [-0.25, -0.2) is 0 Å². The van der Waals surface area contributed by atoms with E-state index in [2.05, 4.69) is 42.3 Å². The Morgan fingerprint density at radius 3 is 3.12 bits per heavy atom. The van der Waals surface area contributed by atoms with Crippen LogP contribution in [-0.2, 0) is 6.42 Å². The number of hydrogen-bond acceptors (Lipinski definition) is 0. The highest BCUT2D eigenvalue weighted by Gasteiger charge is 2.25. The second kappa shape index (κ2) is 4.19. The van der Waals surface area contributed by atoms with Gasteiger partial charge in [-0.1, -0.05) is 11.6 Å². The Labute approximate surface area is 102 Å². The van der Waals surface area contributed by atoms with E-state index in [1.165, 1.54) is 48.0 Å². The fraction of sp³-hybridized carbons (Fsp3) is 0.467. The van der Waals surface area contributed by atoms with E-state index in [4.69, 9.17) is 0 Å². The molecule has 0 saturated heterocycles. The van der Waals surface area contributed by atoms with Crippen molar-refractivity contribution in [2.75, 3.05) is 6.54 Å². The molecule has 1 aliphatic rings. The van der Waals surface area contributed by atoms with Gasteiger partial charge >= 0.3 is 0 Å². The van der Waals surface area contributed by atoms with Gasteiger partial charge in [-0.3, -0.25) is 0 Å². The van der Waals surface area contributed by atoms with Crippen molar-refractivity contribution < 1.29 is 5.32 Å². The van der Waals surface area contributed by atoms with Crippen LogP contribution in [0.5, 0.6) is 0 Å². The highest BCUT2D eigenvalue weighted by molar-refractivity contribution is 5.85. The minimum atomic E-state index is 0.649. The van der Waals surface area contributed by atoms with Crippen LogP contribution in [0, 0.1) is 6.92 Å². The average molecular weight is 229 g/mol. The van der Waals surface area contributed by atoms with Gasteiger partial charge in [0.2, 0.25) is 0 Å². The Hall–Kier alpha value is -1.28. The molecule has 0 saturated carbocycles. The first kappa shape index (κ1) is 10.8. The van der Waals surface area contributed by atoms with E-state index < -0.39 is 0 Å². The second-order valence-electron chi connectivity index (χ2n) is 5.21. The van der Waals surface area contributed by atoms with Gasteiger partial charge in [-0.2, -0.15) is 0 Å². The van der Waals surface area contributed by atoms with Crippen LogP contribution >= 0.6 is 0 Å². The summed E-state index contributed by atoms with van der Waals surface area (Å²) in [7, 11) is 0. The first-order valence-electron chi connectivity index (χ1n) is 6.74. The third kappa shape index (κ3) is 1.77. The molecule has 1 aromatic heterocycles. The minimum Gasteiger partial charge on any atom is -0.353 e. The van der Waals surface area contributed by atoms with Crippen LogP contribution in [0.2, 0.25) is 0 Å². The standard InChI is InChI=1S/C15H20N2/c1-3-16-14-6-4-5-11-12-9-10(2)7-8-13(12)17-15(11)14/h7-9,14,16-17H,3-6H2,1-2H3/p+1/t14-/m1/s1. The molecule has 2 aromatic rings. The molecule has 0 unspecified atom stereocenters.